The minimum atomic E-state index is 0.870. The van der Waals surface area contributed by atoms with Gasteiger partial charge in [-0.2, -0.15) is 0 Å². The molecule has 1 rings (SSSR count). The van der Waals surface area contributed by atoms with Crippen LogP contribution in [0.25, 0.3) is 0 Å². The van der Waals surface area contributed by atoms with E-state index in [1.165, 1.54) is 64.3 Å². The number of nitrogens with one attached hydrogen (secondary N) is 1. The van der Waals surface area contributed by atoms with Crippen molar-refractivity contribution in [1.82, 2.24) is 5.32 Å². The summed E-state index contributed by atoms with van der Waals surface area (Å²) < 4.78 is 0. The second-order valence-electron chi connectivity index (χ2n) is 5.35. The lowest BCUT2D eigenvalue weighted by Gasteiger charge is -2.24. The van der Waals surface area contributed by atoms with Crippen LogP contribution in [0.1, 0.15) is 64.7 Å². The van der Waals surface area contributed by atoms with Gasteiger partial charge in [0.1, 0.15) is 0 Å². The fourth-order valence-electron chi connectivity index (χ4n) is 2.90. The van der Waals surface area contributed by atoms with Gasteiger partial charge in [0.05, 0.1) is 0 Å². The first-order valence-corrected chi connectivity index (χ1v) is 6.99. The fourth-order valence-corrected chi connectivity index (χ4v) is 2.90. The molecule has 0 aromatic carbocycles. The highest BCUT2D eigenvalue weighted by atomic mass is 14.8. The third-order valence-corrected chi connectivity index (χ3v) is 3.98. The first-order valence-electron chi connectivity index (χ1n) is 6.99. The van der Waals surface area contributed by atoms with Gasteiger partial charge in [0.25, 0.3) is 0 Å². The molecule has 0 aromatic heterocycles. The van der Waals surface area contributed by atoms with E-state index in [1.807, 2.05) is 0 Å². The molecule has 90 valence electrons. The van der Waals surface area contributed by atoms with Crippen molar-refractivity contribution in [2.45, 2.75) is 64.7 Å². The van der Waals surface area contributed by atoms with Crippen LogP contribution in [0.3, 0.4) is 0 Å². The average Bonchev–Trinajstić information content (AvgIpc) is 2.26. The second-order valence-corrected chi connectivity index (χ2v) is 5.35. The van der Waals surface area contributed by atoms with E-state index in [0.29, 0.717) is 0 Å². The van der Waals surface area contributed by atoms with E-state index in [4.69, 9.17) is 0 Å². The quantitative estimate of drug-likeness (QED) is 0.744. The maximum Gasteiger partial charge on any atom is -0.00235 e. The molecule has 0 radical (unpaired) electrons. The van der Waals surface area contributed by atoms with Crippen LogP contribution in [-0.4, -0.2) is 13.6 Å². The smallest absolute Gasteiger partial charge is 0.00235 e. The van der Waals surface area contributed by atoms with Gasteiger partial charge in [-0.3, -0.25) is 0 Å². The number of rotatable bonds is 3. The molecule has 0 saturated heterocycles. The van der Waals surface area contributed by atoms with Crippen LogP contribution in [0.15, 0.2) is 0 Å². The molecule has 15 heavy (non-hydrogen) atoms. The van der Waals surface area contributed by atoms with Crippen molar-refractivity contribution in [1.29, 1.82) is 0 Å². The van der Waals surface area contributed by atoms with E-state index in [9.17, 15) is 0 Å². The van der Waals surface area contributed by atoms with Crippen LogP contribution in [-0.2, 0) is 0 Å². The lowest BCUT2D eigenvalue weighted by Crippen LogP contribution is -2.23. The summed E-state index contributed by atoms with van der Waals surface area (Å²) in [6.07, 6.45) is 13.3. The molecule has 0 aromatic rings. The summed E-state index contributed by atoms with van der Waals surface area (Å²) in [5, 5.41) is 3.33. The summed E-state index contributed by atoms with van der Waals surface area (Å²) in [5.74, 6) is 1.85. The maximum absolute atomic E-state index is 3.33. The summed E-state index contributed by atoms with van der Waals surface area (Å²) >= 11 is 0. The predicted molar refractivity (Wildman–Crippen MR) is 68.1 cm³/mol. The lowest BCUT2D eigenvalue weighted by atomic mass is 9.83. The molecule has 0 amide bonds. The Balaban J connectivity index is 2.30. The van der Waals surface area contributed by atoms with Crippen molar-refractivity contribution in [3.05, 3.63) is 0 Å². The van der Waals surface area contributed by atoms with E-state index in [1.54, 1.807) is 0 Å². The van der Waals surface area contributed by atoms with Crippen molar-refractivity contribution in [3.8, 4) is 0 Å². The van der Waals surface area contributed by atoms with Crippen molar-refractivity contribution in [3.63, 3.8) is 0 Å². The molecule has 1 N–H and O–H groups in total. The van der Waals surface area contributed by atoms with E-state index >= 15 is 0 Å². The first kappa shape index (κ1) is 13.0. The number of hydrogen-bond donors (Lipinski definition) is 1. The highest BCUT2D eigenvalue weighted by molar-refractivity contribution is 4.69. The Hall–Kier alpha value is -0.0400. The molecule has 1 unspecified atom stereocenters. The summed E-state index contributed by atoms with van der Waals surface area (Å²) in [7, 11) is 2.08. The van der Waals surface area contributed by atoms with Crippen molar-refractivity contribution < 1.29 is 0 Å². The molecule has 1 aliphatic carbocycles. The van der Waals surface area contributed by atoms with Gasteiger partial charge in [0, 0.05) is 0 Å². The molecule has 0 bridgehead atoms. The molecule has 1 atom stereocenters. The molecule has 1 nitrogen and oxygen atoms in total. The van der Waals surface area contributed by atoms with Gasteiger partial charge in [-0.1, -0.05) is 64.7 Å². The van der Waals surface area contributed by atoms with Crippen LogP contribution >= 0.6 is 0 Å². The van der Waals surface area contributed by atoms with Gasteiger partial charge < -0.3 is 5.32 Å². The molecule has 1 aliphatic rings. The van der Waals surface area contributed by atoms with Crippen LogP contribution in [0.4, 0.5) is 0 Å². The van der Waals surface area contributed by atoms with E-state index in [0.717, 1.165) is 11.8 Å². The van der Waals surface area contributed by atoms with Gasteiger partial charge in [0.2, 0.25) is 0 Å². The highest BCUT2D eigenvalue weighted by Gasteiger charge is 2.16. The van der Waals surface area contributed by atoms with Crippen molar-refractivity contribution in [2.75, 3.05) is 13.6 Å². The van der Waals surface area contributed by atoms with E-state index in [2.05, 4.69) is 19.3 Å². The summed E-state index contributed by atoms with van der Waals surface area (Å²) in [5.41, 5.74) is 0. The zero-order valence-corrected chi connectivity index (χ0v) is 10.7. The third-order valence-electron chi connectivity index (χ3n) is 3.98. The normalized spacial score (nSPS) is 23.6. The fraction of sp³-hybridized carbons (Fsp3) is 1.00. The van der Waals surface area contributed by atoms with Crippen LogP contribution in [0.5, 0.6) is 0 Å². The molecule has 0 heterocycles. The van der Waals surface area contributed by atoms with E-state index < -0.39 is 0 Å². The monoisotopic (exact) mass is 211 g/mol. The standard InChI is InChI=1S/C14H29N/c1-13(12-15-2)14-10-8-6-4-3-5-7-9-11-14/h13-15H,3-12H2,1-2H3. The SMILES string of the molecule is CNCC(C)C1CCCCCCCCC1. The Morgan fingerprint density at radius 3 is 1.87 bits per heavy atom. The maximum atomic E-state index is 3.33. The van der Waals surface area contributed by atoms with Crippen molar-refractivity contribution >= 4 is 0 Å². The van der Waals surface area contributed by atoms with Crippen LogP contribution in [0.2, 0.25) is 0 Å². The molecule has 0 spiro atoms. The van der Waals surface area contributed by atoms with Gasteiger partial charge in [-0.15, -0.1) is 0 Å². The molecule has 0 aliphatic heterocycles. The average molecular weight is 211 g/mol. The Kier molecular flexibility index (Phi) is 7.08. The van der Waals surface area contributed by atoms with Gasteiger partial charge in [-0.05, 0) is 25.4 Å². The van der Waals surface area contributed by atoms with Gasteiger partial charge >= 0.3 is 0 Å². The Morgan fingerprint density at radius 2 is 1.40 bits per heavy atom. The predicted octanol–water partition coefficient (Wildman–Crippen LogP) is 3.98. The van der Waals surface area contributed by atoms with Crippen LogP contribution < -0.4 is 5.32 Å². The molecular formula is C14H29N. The van der Waals surface area contributed by atoms with Gasteiger partial charge in [-0.25, -0.2) is 0 Å². The Bertz CT molecular complexity index is 134. The number of hydrogen-bond acceptors (Lipinski definition) is 1. The molecular weight excluding hydrogens is 182 g/mol. The first-order chi connectivity index (χ1) is 7.34. The Morgan fingerprint density at radius 1 is 0.933 bits per heavy atom. The zero-order chi connectivity index (χ0) is 10.9. The minimum Gasteiger partial charge on any atom is -0.319 e. The Labute approximate surface area is 96.0 Å². The molecule has 1 fully saturated rings. The van der Waals surface area contributed by atoms with Crippen LogP contribution in [0, 0.1) is 11.8 Å². The summed E-state index contributed by atoms with van der Waals surface area (Å²) in [4.78, 5) is 0. The van der Waals surface area contributed by atoms with E-state index in [-0.39, 0.29) is 0 Å². The summed E-state index contributed by atoms with van der Waals surface area (Å²) in [6.45, 7) is 3.62. The topological polar surface area (TPSA) is 12.0 Å². The highest BCUT2D eigenvalue weighted by Crippen LogP contribution is 2.26. The largest absolute Gasteiger partial charge is 0.319 e. The molecule has 1 heteroatoms. The third kappa shape index (κ3) is 5.55. The molecule has 1 saturated carbocycles. The lowest BCUT2D eigenvalue weighted by molar-refractivity contribution is 0.284. The summed E-state index contributed by atoms with van der Waals surface area (Å²) in [6, 6.07) is 0. The minimum absolute atomic E-state index is 0.870. The zero-order valence-electron chi connectivity index (χ0n) is 10.7. The second kappa shape index (κ2) is 8.15. The van der Waals surface area contributed by atoms with Crippen molar-refractivity contribution in [2.24, 2.45) is 11.8 Å². The van der Waals surface area contributed by atoms with Gasteiger partial charge in [0.15, 0.2) is 0 Å².